The molecule has 0 saturated carbocycles. The molecule has 0 amide bonds. The molecule has 4 heteroatoms. The van der Waals surface area contributed by atoms with Gasteiger partial charge in [-0.3, -0.25) is 0 Å². The maximum absolute atomic E-state index is 5.79. The fraction of sp³-hybridized carbons (Fsp3) is 1.00. The van der Waals surface area contributed by atoms with Crippen LogP contribution in [0.3, 0.4) is 0 Å². The summed E-state index contributed by atoms with van der Waals surface area (Å²) in [6.07, 6.45) is 21.9. The van der Waals surface area contributed by atoms with Gasteiger partial charge in [0.2, 0.25) is 0 Å². The molecule has 0 fully saturated rings. The number of hydrogen-bond acceptors (Lipinski definition) is 3. The first-order valence-electron chi connectivity index (χ1n) is 12.3. The quantitative estimate of drug-likeness (QED) is 0.139. The van der Waals surface area contributed by atoms with Gasteiger partial charge in [0.15, 0.2) is 0 Å². The second kappa shape index (κ2) is 19.1. The molecule has 0 bridgehead atoms. The zero-order chi connectivity index (χ0) is 21.1. The van der Waals surface area contributed by atoms with Gasteiger partial charge in [0.1, 0.15) is 0 Å². The van der Waals surface area contributed by atoms with E-state index >= 15 is 0 Å². The van der Waals surface area contributed by atoms with Gasteiger partial charge in [-0.15, -0.1) is 0 Å². The number of hydrogen-bond donors (Lipinski definition) is 0. The summed E-state index contributed by atoms with van der Waals surface area (Å²) in [7, 11) is 2.71. The van der Waals surface area contributed by atoms with Crippen molar-refractivity contribution in [2.75, 3.05) is 21.3 Å². The molecule has 0 spiro atoms. The zero-order valence-electron chi connectivity index (χ0n) is 20.2. The van der Waals surface area contributed by atoms with Crippen LogP contribution in [0.2, 0.25) is 5.54 Å². The highest BCUT2D eigenvalue weighted by molar-refractivity contribution is 6.62. The molecule has 0 rings (SSSR count). The van der Waals surface area contributed by atoms with Gasteiger partial charge in [0.05, 0.1) is 0 Å². The molecule has 28 heavy (non-hydrogen) atoms. The summed E-state index contributed by atoms with van der Waals surface area (Å²) in [6.45, 7) is 6.84. The summed E-state index contributed by atoms with van der Waals surface area (Å²) < 4.78 is 17.4. The molecule has 0 aromatic carbocycles. The fourth-order valence-corrected chi connectivity index (χ4v) is 7.58. The van der Waals surface area contributed by atoms with Gasteiger partial charge in [-0.2, -0.15) is 0 Å². The Morgan fingerprint density at radius 3 is 1.25 bits per heavy atom. The maximum Gasteiger partial charge on any atom is 0.503 e. The predicted octanol–water partition coefficient (Wildman–Crippen LogP) is 8.15. The Kier molecular flexibility index (Phi) is 19.1. The van der Waals surface area contributed by atoms with Crippen molar-refractivity contribution in [1.29, 1.82) is 0 Å². The number of unbranched alkanes of at least 4 members (excludes halogenated alkanes) is 12. The SMILES string of the molecule is CCCCCCCCCCCCCCCC(CC)C(CC)[Si](OC)(OC)OC. The Morgan fingerprint density at radius 1 is 0.536 bits per heavy atom. The van der Waals surface area contributed by atoms with Gasteiger partial charge in [-0.05, 0) is 12.3 Å². The fourth-order valence-electron chi connectivity index (χ4n) is 4.69. The first-order valence-corrected chi connectivity index (χ1v) is 14.1. The summed E-state index contributed by atoms with van der Waals surface area (Å²) in [4.78, 5) is 0. The molecule has 0 aliphatic carbocycles. The summed E-state index contributed by atoms with van der Waals surface area (Å²) in [6, 6.07) is 0. The Labute approximate surface area is 178 Å². The van der Waals surface area contributed by atoms with E-state index in [-0.39, 0.29) is 0 Å². The van der Waals surface area contributed by atoms with Crippen molar-refractivity contribution >= 4 is 8.80 Å². The van der Waals surface area contributed by atoms with Crippen molar-refractivity contribution < 1.29 is 13.3 Å². The van der Waals surface area contributed by atoms with Crippen molar-refractivity contribution in [3.05, 3.63) is 0 Å². The molecule has 0 aliphatic heterocycles. The average Bonchev–Trinajstić information content (AvgIpc) is 2.73. The molecule has 0 aromatic rings. The van der Waals surface area contributed by atoms with E-state index in [1.807, 2.05) is 0 Å². The van der Waals surface area contributed by atoms with Gasteiger partial charge >= 0.3 is 8.80 Å². The summed E-state index contributed by atoms with van der Waals surface area (Å²) in [5.74, 6) is 0.643. The molecule has 0 N–H and O–H groups in total. The molecule has 0 heterocycles. The molecule has 0 aromatic heterocycles. The Hall–Kier alpha value is 0.0969. The van der Waals surface area contributed by atoms with Gasteiger partial charge < -0.3 is 13.3 Å². The first kappa shape index (κ1) is 28.1. The lowest BCUT2D eigenvalue weighted by molar-refractivity contribution is 0.0978. The Balaban J connectivity index is 3.87. The molecular weight excluding hydrogens is 364 g/mol. The van der Waals surface area contributed by atoms with Crippen LogP contribution in [-0.4, -0.2) is 30.1 Å². The lowest BCUT2D eigenvalue weighted by Gasteiger charge is -2.36. The summed E-state index contributed by atoms with van der Waals surface area (Å²) >= 11 is 0. The van der Waals surface area contributed by atoms with Crippen molar-refractivity contribution in [3.63, 3.8) is 0 Å². The van der Waals surface area contributed by atoms with Crippen LogP contribution in [0.15, 0.2) is 0 Å². The van der Waals surface area contributed by atoms with Crippen molar-refractivity contribution in [2.24, 2.45) is 5.92 Å². The topological polar surface area (TPSA) is 27.7 Å². The van der Waals surface area contributed by atoms with E-state index in [0.717, 1.165) is 6.42 Å². The second-order valence-electron chi connectivity index (χ2n) is 8.43. The number of rotatable bonds is 21. The van der Waals surface area contributed by atoms with Gasteiger partial charge in [-0.1, -0.05) is 117 Å². The Bertz CT molecular complexity index is 313. The minimum Gasteiger partial charge on any atom is -0.377 e. The van der Waals surface area contributed by atoms with E-state index in [2.05, 4.69) is 20.8 Å². The second-order valence-corrected chi connectivity index (χ2v) is 11.6. The van der Waals surface area contributed by atoms with E-state index in [0.29, 0.717) is 11.5 Å². The van der Waals surface area contributed by atoms with Gasteiger partial charge in [0, 0.05) is 26.9 Å². The molecule has 2 unspecified atom stereocenters. The van der Waals surface area contributed by atoms with Crippen LogP contribution in [0.25, 0.3) is 0 Å². The molecular formula is C24H52O3Si. The van der Waals surface area contributed by atoms with Gasteiger partial charge in [-0.25, -0.2) is 0 Å². The normalized spacial score (nSPS) is 14.4. The smallest absolute Gasteiger partial charge is 0.377 e. The van der Waals surface area contributed by atoms with E-state index < -0.39 is 8.80 Å². The van der Waals surface area contributed by atoms with Crippen LogP contribution in [0.4, 0.5) is 0 Å². The molecule has 0 aliphatic rings. The molecule has 0 radical (unpaired) electrons. The van der Waals surface area contributed by atoms with E-state index in [9.17, 15) is 0 Å². The third-order valence-corrected chi connectivity index (χ3v) is 10.0. The summed E-state index contributed by atoms with van der Waals surface area (Å²) in [5.41, 5.74) is 0.412. The van der Waals surface area contributed by atoms with E-state index in [4.69, 9.17) is 13.3 Å². The van der Waals surface area contributed by atoms with Crippen LogP contribution < -0.4 is 0 Å². The largest absolute Gasteiger partial charge is 0.503 e. The van der Waals surface area contributed by atoms with Crippen LogP contribution in [0, 0.1) is 5.92 Å². The average molecular weight is 417 g/mol. The standard InChI is InChI=1S/C24H52O3Si/c1-7-10-11-12-13-14-15-16-17-18-19-20-21-22-23(8-2)24(9-3)28(25-4,26-5)27-6/h23-24H,7-22H2,1-6H3. The third-order valence-electron chi connectivity index (χ3n) is 6.52. The van der Waals surface area contributed by atoms with E-state index in [1.54, 1.807) is 21.3 Å². The molecule has 2 atom stereocenters. The van der Waals surface area contributed by atoms with E-state index in [1.165, 1.54) is 96.3 Å². The van der Waals surface area contributed by atoms with Crippen molar-refractivity contribution in [2.45, 2.75) is 129 Å². The van der Waals surface area contributed by atoms with Crippen LogP contribution in [0.5, 0.6) is 0 Å². The monoisotopic (exact) mass is 416 g/mol. The minimum atomic E-state index is -2.54. The van der Waals surface area contributed by atoms with Crippen molar-refractivity contribution in [3.8, 4) is 0 Å². The molecule has 170 valence electrons. The maximum atomic E-state index is 5.79. The zero-order valence-corrected chi connectivity index (χ0v) is 21.2. The molecule has 3 nitrogen and oxygen atoms in total. The predicted molar refractivity (Wildman–Crippen MR) is 125 cm³/mol. The van der Waals surface area contributed by atoms with Crippen LogP contribution in [-0.2, 0) is 13.3 Å². The minimum absolute atomic E-state index is 0.412. The van der Waals surface area contributed by atoms with Crippen LogP contribution >= 0.6 is 0 Å². The highest BCUT2D eigenvalue weighted by Gasteiger charge is 2.49. The van der Waals surface area contributed by atoms with Crippen LogP contribution in [0.1, 0.15) is 124 Å². The summed E-state index contributed by atoms with van der Waals surface area (Å²) in [5, 5.41) is 0. The first-order chi connectivity index (χ1) is 13.7. The third kappa shape index (κ3) is 11.3. The van der Waals surface area contributed by atoms with Crippen molar-refractivity contribution in [1.82, 2.24) is 0 Å². The van der Waals surface area contributed by atoms with Gasteiger partial charge in [0.25, 0.3) is 0 Å². The Morgan fingerprint density at radius 2 is 0.929 bits per heavy atom. The molecule has 0 saturated heterocycles. The lowest BCUT2D eigenvalue weighted by Crippen LogP contribution is -2.49. The lowest BCUT2D eigenvalue weighted by atomic mass is 9.93. The highest BCUT2D eigenvalue weighted by atomic mass is 28.4. The highest BCUT2D eigenvalue weighted by Crippen LogP contribution is 2.39.